The number of hydrogen-bond acceptors (Lipinski definition) is 2. The van der Waals surface area contributed by atoms with Crippen LogP contribution in [0.5, 0.6) is 0 Å². The molecule has 0 fully saturated rings. The van der Waals surface area contributed by atoms with Gasteiger partial charge in [0, 0.05) is 11.8 Å². The van der Waals surface area contributed by atoms with Crippen molar-refractivity contribution in [2.24, 2.45) is 5.73 Å². The molecule has 1 heterocycles. The standard InChI is InChI=1S/C13H10F4N2/c14-10-4-2-1-3-9(10)12(18)11-6-5-8(7-19-11)13(15,16)17/h1-7,12H,18H2. The highest BCUT2D eigenvalue weighted by Crippen LogP contribution is 2.29. The van der Waals surface area contributed by atoms with Gasteiger partial charge in [-0.3, -0.25) is 4.98 Å². The first-order valence-corrected chi connectivity index (χ1v) is 5.43. The van der Waals surface area contributed by atoms with Gasteiger partial charge in [-0.2, -0.15) is 13.2 Å². The van der Waals surface area contributed by atoms with Crippen LogP contribution in [0.3, 0.4) is 0 Å². The number of nitrogens with zero attached hydrogens (tertiary/aromatic N) is 1. The van der Waals surface area contributed by atoms with Crippen LogP contribution in [-0.4, -0.2) is 4.98 Å². The minimum Gasteiger partial charge on any atom is -0.319 e. The lowest BCUT2D eigenvalue weighted by molar-refractivity contribution is -0.137. The summed E-state index contributed by atoms with van der Waals surface area (Å²) in [5.74, 6) is -0.517. The van der Waals surface area contributed by atoms with Crippen LogP contribution in [0.4, 0.5) is 17.6 Å². The third-order valence-electron chi connectivity index (χ3n) is 2.67. The van der Waals surface area contributed by atoms with E-state index in [1.807, 2.05) is 0 Å². The Balaban J connectivity index is 2.31. The van der Waals surface area contributed by atoms with Crippen LogP contribution in [-0.2, 0) is 6.18 Å². The van der Waals surface area contributed by atoms with Gasteiger partial charge in [0.1, 0.15) is 5.82 Å². The molecule has 19 heavy (non-hydrogen) atoms. The molecule has 1 unspecified atom stereocenters. The molecule has 2 nitrogen and oxygen atoms in total. The monoisotopic (exact) mass is 270 g/mol. The first-order chi connectivity index (χ1) is 8.89. The van der Waals surface area contributed by atoms with Crippen molar-refractivity contribution < 1.29 is 17.6 Å². The second-order valence-electron chi connectivity index (χ2n) is 3.97. The minimum absolute atomic E-state index is 0.179. The predicted molar refractivity (Wildman–Crippen MR) is 61.7 cm³/mol. The fourth-order valence-corrected chi connectivity index (χ4v) is 1.64. The van der Waals surface area contributed by atoms with E-state index in [2.05, 4.69) is 4.98 Å². The van der Waals surface area contributed by atoms with Gasteiger partial charge in [-0.1, -0.05) is 18.2 Å². The lowest BCUT2D eigenvalue weighted by Gasteiger charge is -2.13. The van der Waals surface area contributed by atoms with E-state index >= 15 is 0 Å². The van der Waals surface area contributed by atoms with Gasteiger partial charge in [0.05, 0.1) is 17.3 Å². The van der Waals surface area contributed by atoms with E-state index in [1.54, 1.807) is 6.07 Å². The largest absolute Gasteiger partial charge is 0.417 e. The van der Waals surface area contributed by atoms with Gasteiger partial charge >= 0.3 is 6.18 Å². The fourth-order valence-electron chi connectivity index (χ4n) is 1.64. The maximum atomic E-state index is 13.5. The number of aromatic nitrogens is 1. The number of benzene rings is 1. The Morgan fingerprint density at radius 3 is 2.26 bits per heavy atom. The first kappa shape index (κ1) is 13.5. The van der Waals surface area contributed by atoms with E-state index < -0.39 is 23.6 Å². The van der Waals surface area contributed by atoms with Crippen LogP contribution in [0.15, 0.2) is 42.6 Å². The molecule has 2 aromatic rings. The third kappa shape index (κ3) is 2.90. The Bertz CT molecular complexity index is 564. The summed E-state index contributed by atoms with van der Waals surface area (Å²) in [6, 6.07) is 6.94. The summed E-state index contributed by atoms with van der Waals surface area (Å²) < 4.78 is 50.6. The molecule has 1 aromatic carbocycles. The molecule has 0 aliphatic heterocycles. The van der Waals surface area contributed by atoms with E-state index in [4.69, 9.17) is 5.73 Å². The van der Waals surface area contributed by atoms with Crippen LogP contribution in [0, 0.1) is 5.82 Å². The van der Waals surface area contributed by atoms with Gasteiger partial charge in [-0.15, -0.1) is 0 Å². The summed E-state index contributed by atoms with van der Waals surface area (Å²) in [6.07, 6.45) is -3.76. The van der Waals surface area contributed by atoms with Gasteiger partial charge < -0.3 is 5.73 Å². The summed E-state index contributed by atoms with van der Waals surface area (Å²) in [6.45, 7) is 0. The highest BCUT2D eigenvalue weighted by molar-refractivity contribution is 5.29. The van der Waals surface area contributed by atoms with Crippen molar-refractivity contribution in [3.8, 4) is 0 Å². The van der Waals surface area contributed by atoms with Gasteiger partial charge in [-0.25, -0.2) is 4.39 Å². The maximum Gasteiger partial charge on any atom is 0.417 e. The molecule has 100 valence electrons. The summed E-state index contributed by atoms with van der Waals surface area (Å²) in [4.78, 5) is 3.65. The van der Waals surface area contributed by atoms with E-state index in [0.717, 1.165) is 12.1 Å². The van der Waals surface area contributed by atoms with Crippen molar-refractivity contribution >= 4 is 0 Å². The lowest BCUT2D eigenvalue weighted by atomic mass is 10.0. The SMILES string of the molecule is NC(c1ccc(C(F)(F)F)cn1)c1ccccc1F. The van der Waals surface area contributed by atoms with Crippen molar-refractivity contribution in [2.75, 3.05) is 0 Å². The average Bonchev–Trinajstić information content (AvgIpc) is 2.38. The lowest BCUT2D eigenvalue weighted by Crippen LogP contribution is -2.16. The number of halogens is 4. The molecule has 2 rings (SSSR count). The highest BCUT2D eigenvalue weighted by atomic mass is 19.4. The van der Waals surface area contributed by atoms with E-state index in [9.17, 15) is 17.6 Å². The Morgan fingerprint density at radius 2 is 1.74 bits per heavy atom. The van der Waals surface area contributed by atoms with Crippen LogP contribution in [0.1, 0.15) is 22.9 Å². The average molecular weight is 270 g/mol. The normalized spacial score (nSPS) is 13.3. The molecule has 0 amide bonds. The summed E-state index contributed by atoms with van der Waals surface area (Å²) in [5.41, 5.74) is 5.30. The summed E-state index contributed by atoms with van der Waals surface area (Å²) >= 11 is 0. The topological polar surface area (TPSA) is 38.9 Å². The Kier molecular flexibility index (Phi) is 3.53. The zero-order valence-electron chi connectivity index (χ0n) is 9.66. The number of rotatable bonds is 2. The molecule has 0 bridgehead atoms. The Labute approximate surface area is 106 Å². The highest BCUT2D eigenvalue weighted by Gasteiger charge is 2.31. The van der Waals surface area contributed by atoms with Crippen molar-refractivity contribution in [1.82, 2.24) is 4.98 Å². The first-order valence-electron chi connectivity index (χ1n) is 5.43. The molecule has 2 N–H and O–H groups in total. The second kappa shape index (κ2) is 4.97. The predicted octanol–water partition coefficient (Wildman–Crippen LogP) is 3.29. The van der Waals surface area contributed by atoms with Gasteiger partial charge in [0.25, 0.3) is 0 Å². The molecule has 0 radical (unpaired) electrons. The third-order valence-corrected chi connectivity index (χ3v) is 2.67. The summed E-state index contributed by atoms with van der Waals surface area (Å²) in [7, 11) is 0. The number of alkyl halides is 3. The molecule has 0 saturated carbocycles. The molecule has 0 aliphatic rings. The number of pyridine rings is 1. The van der Waals surface area contributed by atoms with Crippen LogP contribution < -0.4 is 5.73 Å². The van der Waals surface area contributed by atoms with E-state index in [1.165, 1.54) is 18.2 Å². The molecule has 6 heteroatoms. The van der Waals surface area contributed by atoms with Gasteiger partial charge in [-0.05, 0) is 18.2 Å². The second-order valence-corrected chi connectivity index (χ2v) is 3.97. The van der Waals surface area contributed by atoms with Crippen molar-refractivity contribution in [2.45, 2.75) is 12.2 Å². The summed E-state index contributed by atoms with van der Waals surface area (Å²) in [5, 5.41) is 0. The molecular weight excluding hydrogens is 260 g/mol. The number of hydrogen-bond donors (Lipinski definition) is 1. The molecule has 0 spiro atoms. The Hall–Kier alpha value is -1.95. The maximum absolute atomic E-state index is 13.5. The molecule has 0 aliphatic carbocycles. The fraction of sp³-hybridized carbons (Fsp3) is 0.154. The molecule has 1 atom stereocenters. The van der Waals surface area contributed by atoms with Crippen LogP contribution in [0.25, 0.3) is 0 Å². The molecule has 0 saturated heterocycles. The number of nitrogens with two attached hydrogens (primary N) is 1. The zero-order valence-corrected chi connectivity index (χ0v) is 9.66. The van der Waals surface area contributed by atoms with Crippen molar-refractivity contribution in [1.29, 1.82) is 0 Å². The van der Waals surface area contributed by atoms with Crippen LogP contribution >= 0.6 is 0 Å². The van der Waals surface area contributed by atoms with Crippen molar-refractivity contribution in [3.05, 3.63) is 65.2 Å². The molecular formula is C13H10F4N2. The van der Waals surface area contributed by atoms with E-state index in [-0.39, 0.29) is 11.3 Å². The van der Waals surface area contributed by atoms with E-state index in [0.29, 0.717) is 6.20 Å². The molecule has 1 aromatic heterocycles. The minimum atomic E-state index is -4.45. The van der Waals surface area contributed by atoms with Gasteiger partial charge in [0.2, 0.25) is 0 Å². The quantitative estimate of drug-likeness (QED) is 0.850. The van der Waals surface area contributed by atoms with Crippen molar-refractivity contribution in [3.63, 3.8) is 0 Å². The Morgan fingerprint density at radius 1 is 1.05 bits per heavy atom. The van der Waals surface area contributed by atoms with Gasteiger partial charge in [0.15, 0.2) is 0 Å². The smallest absolute Gasteiger partial charge is 0.319 e. The zero-order chi connectivity index (χ0) is 14.0. The van der Waals surface area contributed by atoms with Crippen LogP contribution in [0.2, 0.25) is 0 Å².